The number of likely N-dealkylation sites (N-methyl/N-ethyl adjacent to an activating group) is 1. The van der Waals surface area contributed by atoms with Crippen LogP contribution in [0.5, 0.6) is 0 Å². The average molecular weight is 384 g/mol. The van der Waals surface area contributed by atoms with Crippen LogP contribution < -0.4 is 0 Å². The maximum absolute atomic E-state index is 12.6. The van der Waals surface area contributed by atoms with Crippen LogP contribution in [0.15, 0.2) is 10.6 Å². The molecular weight excluding hydrogens is 350 g/mol. The summed E-state index contributed by atoms with van der Waals surface area (Å²) in [5.41, 5.74) is 1.18. The molecule has 0 amide bonds. The molecule has 0 aromatic rings. The van der Waals surface area contributed by atoms with Gasteiger partial charge in [-0.1, -0.05) is 11.8 Å². The fourth-order valence-electron chi connectivity index (χ4n) is 4.26. The second-order valence-corrected chi connectivity index (χ2v) is 8.57. The summed E-state index contributed by atoms with van der Waals surface area (Å²) in [5, 5.41) is 1.44. The van der Waals surface area contributed by atoms with Crippen molar-refractivity contribution >= 4 is 17.7 Å². The van der Waals surface area contributed by atoms with Gasteiger partial charge in [-0.15, -0.1) is 0 Å². The van der Waals surface area contributed by atoms with E-state index in [9.17, 15) is 4.79 Å². The molecule has 0 bridgehead atoms. The van der Waals surface area contributed by atoms with Crippen molar-refractivity contribution in [1.29, 1.82) is 0 Å². The Labute approximate surface area is 161 Å². The van der Waals surface area contributed by atoms with Crippen LogP contribution in [0.3, 0.4) is 0 Å². The van der Waals surface area contributed by atoms with Crippen LogP contribution in [0.2, 0.25) is 0 Å². The van der Waals surface area contributed by atoms with E-state index in [1.54, 1.807) is 0 Å². The molecule has 2 atom stereocenters. The van der Waals surface area contributed by atoms with Gasteiger partial charge in [-0.05, 0) is 39.3 Å². The predicted octanol–water partition coefficient (Wildman–Crippen LogP) is 1.83. The van der Waals surface area contributed by atoms with E-state index < -0.39 is 0 Å². The Hall–Kier alpha value is -0.760. The van der Waals surface area contributed by atoms with Crippen molar-refractivity contribution in [3.05, 3.63) is 10.6 Å². The molecule has 0 N–H and O–H groups in total. The van der Waals surface area contributed by atoms with Crippen molar-refractivity contribution in [2.24, 2.45) is 5.92 Å². The van der Waals surface area contributed by atoms with Gasteiger partial charge in [-0.25, -0.2) is 0 Å². The van der Waals surface area contributed by atoms with E-state index >= 15 is 0 Å². The number of carbonyl (C=O) groups is 1. The Bertz CT molecular complexity index is 528. The van der Waals surface area contributed by atoms with Crippen molar-refractivity contribution in [3.63, 3.8) is 0 Å². The monoisotopic (exact) mass is 383 g/mol. The third kappa shape index (κ3) is 4.06. The minimum atomic E-state index is -0.169. The summed E-state index contributed by atoms with van der Waals surface area (Å²) in [6.07, 6.45) is 2.13. The standard InChI is InChI=1S/C19H33N3O3S/c1-5-22(15-6-12-25-13-7-15)17-14(2)16(19(23)24-4)18(26-17)21-10-8-20(3)9-11-21/h15-16,18H,5-13H2,1-4H3. The number of methoxy groups -OCH3 is 1. The molecule has 0 saturated carbocycles. The highest BCUT2D eigenvalue weighted by Gasteiger charge is 2.45. The van der Waals surface area contributed by atoms with Gasteiger partial charge in [0.15, 0.2) is 0 Å². The van der Waals surface area contributed by atoms with Gasteiger partial charge in [-0.2, -0.15) is 0 Å². The molecule has 2 fully saturated rings. The maximum Gasteiger partial charge on any atom is 0.315 e. The molecule has 148 valence electrons. The second kappa shape index (κ2) is 8.95. The Morgan fingerprint density at radius 2 is 1.92 bits per heavy atom. The quantitative estimate of drug-likeness (QED) is 0.671. The summed E-state index contributed by atoms with van der Waals surface area (Å²) in [4.78, 5) is 20.0. The topological polar surface area (TPSA) is 45.2 Å². The molecule has 3 rings (SSSR count). The van der Waals surface area contributed by atoms with Gasteiger partial charge in [0, 0.05) is 52.0 Å². The van der Waals surface area contributed by atoms with E-state index in [1.165, 1.54) is 17.7 Å². The first-order valence-corrected chi connectivity index (χ1v) is 10.7. The SMILES string of the molecule is CCN(C1=C(C)C(C(=O)OC)C(N2CCN(C)CC2)S1)C1CCOCC1. The molecule has 0 aromatic heterocycles. The van der Waals surface area contributed by atoms with E-state index in [2.05, 4.69) is 35.6 Å². The number of esters is 1. The minimum Gasteiger partial charge on any atom is -0.468 e. The van der Waals surface area contributed by atoms with Crippen molar-refractivity contribution in [3.8, 4) is 0 Å². The number of thioether (sulfide) groups is 1. The Morgan fingerprint density at radius 1 is 1.27 bits per heavy atom. The average Bonchev–Trinajstić information content (AvgIpc) is 3.00. The second-order valence-electron chi connectivity index (χ2n) is 7.47. The lowest BCUT2D eigenvalue weighted by molar-refractivity contribution is -0.145. The van der Waals surface area contributed by atoms with Gasteiger partial charge in [-0.3, -0.25) is 9.69 Å². The Balaban J connectivity index is 1.82. The largest absolute Gasteiger partial charge is 0.468 e. The van der Waals surface area contributed by atoms with Gasteiger partial charge in [0.2, 0.25) is 0 Å². The highest BCUT2D eigenvalue weighted by molar-refractivity contribution is 8.03. The van der Waals surface area contributed by atoms with E-state index in [-0.39, 0.29) is 17.3 Å². The number of piperazine rings is 1. The lowest BCUT2D eigenvalue weighted by Gasteiger charge is -2.39. The summed E-state index contributed by atoms with van der Waals surface area (Å²) in [5.74, 6) is -0.269. The van der Waals surface area contributed by atoms with Gasteiger partial charge in [0.1, 0.15) is 5.92 Å². The predicted molar refractivity (Wildman–Crippen MR) is 105 cm³/mol. The molecule has 0 aromatic carbocycles. The molecule has 26 heavy (non-hydrogen) atoms. The molecule has 0 spiro atoms. The highest BCUT2D eigenvalue weighted by atomic mass is 32.2. The van der Waals surface area contributed by atoms with Crippen LogP contribution in [-0.2, 0) is 14.3 Å². The number of nitrogens with zero attached hydrogens (tertiary/aromatic N) is 3. The first-order chi connectivity index (χ1) is 12.6. The lowest BCUT2D eigenvalue weighted by atomic mass is 9.99. The van der Waals surface area contributed by atoms with Crippen molar-refractivity contribution in [2.75, 3.05) is 60.1 Å². The van der Waals surface area contributed by atoms with Crippen LogP contribution in [0.25, 0.3) is 0 Å². The first-order valence-electron chi connectivity index (χ1n) is 9.79. The molecule has 3 aliphatic rings. The number of hydrogen-bond acceptors (Lipinski definition) is 7. The summed E-state index contributed by atoms with van der Waals surface area (Å²) >= 11 is 1.88. The fourth-order valence-corrected chi connectivity index (χ4v) is 6.03. The summed E-state index contributed by atoms with van der Waals surface area (Å²) in [6.45, 7) is 11.1. The summed E-state index contributed by atoms with van der Waals surface area (Å²) < 4.78 is 10.7. The zero-order valence-corrected chi connectivity index (χ0v) is 17.4. The van der Waals surface area contributed by atoms with E-state index in [0.29, 0.717) is 6.04 Å². The Morgan fingerprint density at radius 3 is 2.50 bits per heavy atom. The lowest BCUT2D eigenvalue weighted by Crippen LogP contribution is -2.50. The number of ether oxygens (including phenoxy) is 2. The molecule has 7 heteroatoms. The van der Waals surface area contributed by atoms with Crippen LogP contribution in [0.4, 0.5) is 0 Å². The summed E-state index contributed by atoms with van der Waals surface area (Å²) in [7, 11) is 3.67. The number of hydrogen-bond donors (Lipinski definition) is 0. The molecule has 0 aliphatic carbocycles. The normalized spacial score (nSPS) is 29.2. The smallest absolute Gasteiger partial charge is 0.315 e. The first kappa shape index (κ1) is 20.0. The zero-order chi connectivity index (χ0) is 18.7. The van der Waals surface area contributed by atoms with Crippen LogP contribution in [-0.4, -0.2) is 92.2 Å². The molecule has 6 nitrogen and oxygen atoms in total. The molecule has 2 saturated heterocycles. The van der Waals surface area contributed by atoms with Crippen molar-refractivity contribution in [1.82, 2.24) is 14.7 Å². The zero-order valence-electron chi connectivity index (χ0n) is 16.6. The number of rotatable bonds is 5. The Kier molecular flexibility index (Phi) is 6.88. The van der Waals surface area contributed by atoms with Gasteiger partial charge < -0.3 is 19.3 Å². The van der Waals surface area contributed by atoms with Gasteiger partial charge in [0.05, 0.1) is 17.5 Å². The van der Waals surface area contributed by atoms with Crippen LogP contribution in [0.1, 0.15) is 26.7 Å². The van der Waals surface area contributed by atoms with Crippen LogP contribution >= 0.6 is 11.8 Å². The third-order valence-electron chi connectivity index (χ3n) is 5.91. The van der Waals surface area contributed by atoms with Gasteiger partial charge >= 0.3 is 5.97 Å². The van der Waals surface area contributed by atoms with Crippen molar-refractivity contribution in [2.45, 2.75) is 38.1 Å². The molecule has 0 radical (unpaired) electrons. The van der Waals surface area contributed by atoms with Crippen LogP contribution in [0, 0.1) is 5.92 Å². The summed E-state index contributed by atoms with van der Waals surface area (Å²) in [6, 6.07) is 0.510. The fraction of sp³-hybridized carbons (Fsp3) is 0.842. The van der Waals surface area contributed by atoms with Crippen molar-refractivity contribution < 1.29 is 14.3 Å². The van der Waals surface area contributed by atoms with E-state index in [1.807, 2.05) is 11.8 Å². The maximum atomic E-state index is 12.6. The van der Waals surface area contributed by atoms with Gasteiger partial charge in [0.25, 0.3) is 0 Å². The van der Waals surface area contributed by atoms with E-state index in [0.717, 1.165) is 58.8 Å². The highest BCUT2D eigenvalue weighted by Crippen LogP contribution is 2.47. The van der Waals surface area contributed by atoms with E-state index in [4.69, 9.17) is 9.47 Å². The molecule has 3 heterocycles. The molecular formula is C19H33N3O3S. The minimum absolute atomic E-state index is 0.100. The number of carbonyl (C=O) groups excluding carboxylic acids is 1. The molecule has 2 unspecified atom stereocenters. The molecule has 3 aliphatic heterocycles. The third-order valence-corrected chi connectivity index (χ3v) is 7.50.